The average molecular weight is 170 g/mol. The lowest BCUT2D eigenvalue weighted by molar-refractivity contribution is 0.180. The largest absolute Gasteiger partial charge is 0.325 e. The quantitative estimate of drug-likeness (QED) is 0.697. The summed E-state index contributed by atoms with van der Waals surface area (Å²) in [5.74, 6) is 0. The summed E-state index contributed by atoms with van der Waals surface area (Å²) in [6, 6.07) is 0. The van der Waals surface area contributed by atoms with Gasteiger partial charge in [0.15, 0.2) is 0 Å². The lowest BCUT2D eigenvalue weighted by Gasteiger charge is -2.37. The van der Waals surface area contributed by atoms with Gasteiger partial charge in [-0.3, -0.25) is 0 Å². The van der Waals surface area contributed by atoms with Crippen molar-refractivity contribution in [3.63, 3.8) is 0 Å². The van der Waals surface area contributed by atoms with Crippen LogP contribution in [0.2, 0.25) is 0 Å². The van der Waals surface area contributed by atoms with Crippen molar-refractivity contribution in [2.24, 2.45) is 5.73 Å². The summed E-state index contributed by atoms with van der Waals surface area (Å²) in [5, 5.41) is 0. The van der Waals surface area contributed by atoms with Crippen molar-refractivity contribution >= 4 is 0 Å². The van der Waals surface area contributed by atoms with E-state index in [9.17, 15) is 0 Å². The standard InChI is InChI=1S/C10H22N2/c1-3-4-5-10(11)6-8-12(2)9-7-10/h3-9,11H2,1-2H3. The highest BCUT2D eigenvalue weighted by Crippen LogP contribution is 2.24. The number of rotatable bonds is 3. The van der Waals surface area contributed by atoms with Gasteiger partial charge in [0.2, 0.25) is 0 Å². The molecule has 0 aromatic carbocycles. The fourth-order valence-corrected chi connectivity index (χ4v) is 1.84. The number of piperidine rings is 1. The maximum absolute atomic E-state index is 6.28. The van der Waals surface area contributed by atoms with Gasteiger partial charge in [0.1, 0.15) is 0 Å². The Kier molecular flexibility index (Phi) is 3.53. The van der Waals surface area contributed by atoms with Crippen LogP contribution < -0.4 is 5.73 Å². The molecule has 0 aliphatic carbocycles. The average Bonchev–Trinajstić information content (AvgIpc) is 2.08. The van der Waals surface area contributed by atoms with Crippen LogP contribution in [0.4, 0.5) is 0 Å². The minimum atomic E-state index is 0.169. The van der Waals surface area contributed by atoms with Gasteiger partial charge in [-0.05, 0) is 39.4 Å². The molecule has 0 radical (unpaired) electrons. The number of hydrogen-bond donors (Lipinski definition) is 1. The van der Waals surface area contributed by atoms with Gasteiger partial charge in [-0.2, -0.15) is 0 Å². The first-order chi connectivity index (χ1) is 5.66. The molecule has 2 heteroatoms. The van der Waals surface area contributed by atoms with Gasteiger partial charge in [-0.15, -0.1) is 0 Å². The summed E-state index contributed by atoms with van der Waals surface area (Å²) in [6.07, 6.45) is 6.15. The maximum atomic E-state index is 6.28. The lowest BCUT2D eigenvalue weighted by atomic mass is 9.84. The van der Waals surface area contributed by atoms with Crippen molar-refractivity contribution < 1.29 is 0 Å². The summed E-state index contributed by atoms with van der Waals surface area (Å²) >= 11 is 0. The predicted molar refractivity (Wildman–Crippen MR) is 53.2 cm³/mol. The van der Waals surface area contributed by atoms with Crippen LogP contribution in [-0.2, 0) is 0 Å². The minimum absolute atomic E-state index is 0.169. The Balaban J connectivity index is 2.29. The van der Waals surface area contributed by atoms with Crippen LogP contribution in [0.25, 0.3) is 0 Å². The van der Waals surface area contributed by atoms with E-state index in [1.54, 1.807) is 0 Å². The topological polar surface area (TPSA) is 29.3 Å². The molecule has 2 N–H and O–H groups in total. The molecular weight excluding hydrogens is 148 g/mol. The number of nitrogens with zero attached hydrogens (tertiary/aromatic N) is 1. The molecule has 12 heavy (non-hydrogen) atoms. The second kappa shape index (κ2) is 4.24. The SMILES string of the molecule is CCCCC1(N)CCN(C)CC1. The Morgan fingerprint density at radius 2 is 1.92 bits per heavy atom. The first-order valence-electron chi connectivity index (χ1n) is 5.14. The second-order valence-corrected chi connectivity index (χ2v) is 4.27. The minimum Gasteiger partial charge on any atom is -0.325 e. The van der Waals surface area contributed by atoms with Crippen LogP contribution in [0.3, 0.4) is 0 Å². The Morgan fingerprint density at radius 3 is 2.42 bits per heavy atom. The first kappa shape index (κ1) is 10.0. The van der Waals surface area contributed by atoms with Crippen molar-refractivity contribution in [1.29, 1.82) is 0 Å². The molecule has 0 aromatic rings. The third-order valence-corrected chi connectivity index (χ3v) is 3.01. The molecule has 1 aliphatic heterocycles. The highest BCUT2D eigenvalue weighted by atomic mass is 15.1. The molecular formula is C10H22N2. The van der Waals surface area contributed by atoms with Crippen LogP contribution in [0, 0.1) is 0 Å². The van der Waals surface area contributed by atoms with Gasteiger partial charge < -0.3 is 10.6 Å². The summed E-state index contributed by atoms with van der Waals surface area (Å²) in [7, 11) is 2.18. The first-order valence-corrected chi connectivity index (χ1v) is 5.14. The molecule has 0 saturated carbocycles. The van der Waals surface area contributed by atoms with E-state index in [4.69, 9.17) is 5.73 Å². The predicted octanol–water partition coefficient (Wildman–Crippen LogP) is 1.60. The van der Waals surface area contributed by atoms with Crippen LogP contribution in [0.5, 0.6) is 0 Å². The fraction of sp³-hybridized carbons (Fsp3) is 1.00. The van der Waals surface area contributed by atoms with E-state index in [0.29, 0.717) is 0 Å². The van der Waals surface area contributed by atoms with Gasteiger partial charge in [0.25, 0.3) is 0 Å². The Labute approximate surface area is 76.1 Å². The molecule has 1 fully saturated rings. The van der Waals surface area contributed by atoms with Crippen molar-refractivity contribution in [2.45, 2.75) is 44.6 Å². The Bertz CT molecular complexity index is 120. The second-order valence-electron chi connectivity index (χ2n) is 4.27. The van der Waals surface area contributed by atoms with Gasteiger partial charge in [0.05, 0.1) is 0 Å². The molecule has 2 nitrogen and oxygen atoms in total. The summed E-state index contributed by atoms with van der Waals surface area (Å²) < 4.78 is 0. The van der Waals surface area contributed by atoms with E-state index in [1.165, 1.54) is 45.2 Å². The highest BCUT2D eigenvalue weighted by Gasteiger charge is 2.28. The Hall–Kier alpha value is -0.0800. The monoisotopic (exact) mass is 170 g/mol. The molecule has 1 rings (SSSR count). The van der Waals surface area contributed by atoms with E-state index >= 15 is 0 Å². The van der Waals surface area contributed by atoms with Gasteiger partial charge in [-0.25, -0.2) is 0 Å². The van der Waals surface area contributed by atoms with Crippen LogP contribution in [-0.4, -0.2) is 30.6 Å². The van der Waals surface area contributed by atoms with E-state index in [-0.39, 0.29) is 5.54 Å². The normalized spacial score (nSPS) is 24.2. The van der Waals surface area contributed by atoms with Crippen LogP contribution in [0.1, 0.15) is 39.0 Å². The zero-order valence-corrected chi connectivity index (χ0v) is 8.47. The number of nitrogens with two attached hydrogens (primary N) is 1. The van der Waals surface area contributed by atoms with Crippen molar-refractivity contribution in [2.75, 3.05) is 20.1 Å². The van der Waals surface area contributed by atoms with E-state index in [0.717, 1.165) is 0 Å². The fourth-order valence-electron chi connectivity index (χ4n) is 1.84. The van der Waals surface area contributed by atoms with E-state index < -0.39 is 0 Å². The summed E-state index contributed by atoms with van der Waals surface area (Å²) in [4.78, 5) is 2.37. The van der Waals surface area contributed by atoms with E-state index in [2.05, 4.69) is 18.9 Å². The van der Waals surface area contributed by atoms with Crippen molar-refractivity contribution in [3.05, 3.63) is 0 Å². The van der Waals surface area contributed by atoms with Crippen molar-refractivity contribution in [3.8, 4) is 0 Å². The van der Waals surface area contributed by atoms with Gasteiger partial charge in [0, 0.05) is 5.54 Å². The number of hydrogen-bond acceptors (Lipinski definition) is 2. The van der Waals surface area contributed by atoms with Gasteiger partial charge >= 0.3 is 0 Å². The van der Waals surface area contributed by atoms with E-state index in [1.807, 2.05) is 0 Å². The maximum Gasteiger partial charge on any atom is 0.0178 e. The molecule has 0 aromatic heterocycles. The molecule has 0 amide bonds. The number of unbranched alkanes of at least 4 members (excludes halogenated alkanes) is 1. The molecule has 1 aliphatic rings. The summed E-state index contributed by atoms with van der Waals surface area (Å²) in [5.41, 5.74) is 6.45. The smallest absolute Gasteiger partial charge is 0.0178 e. The van der Waals surface area contributed by atoms with Gasteiger partial charge in [-0.1, -0.05) is 19.8 Å². The third-order valence-electron chi connectivity index (χ3n) is 3.01. The molecule has 0 spiro atoms. The summed E-state index contributed by atoms with van der Waals surface area (Å²) in [6.45, 7) is 4.60. The van der Waals surface area contributed by atoms with Crippen LogP contribution >= 0.6 is 0 Å². The molecule has 0 unspecified atom stereocenters. The lowest BCUT2D eigenvalue weighted by Crippen LogP contribution is -2.49. The molecule has 0 bridgehead atoms. The number of likely N-dealkylation sites (tertiary alicyclic amines) is 1. The molecule has 1 heterocycles. The zero-order valence-electron chi connectivity index (χ0n) is 8.47. The Morgan fingerprint density at radius 1 is 1.33 bits per heavy atom. The molecule has 72 valence electrons. The van der Waals surface area contributed by atoms with Crippen LogP contribution in [0.15, 0.2) is 0 Å². The molecule has 0 atom stereocenters. The third kappa shape index (κ3) is 2.76. The zero-order chi connectivity index (χ0) is 9.03. The van der Waals surface area contributed by atoms with Crippen molar-refractivity contribution in [1.82, 2.24) is 4.90 Å². The molecule has 1 saturated heterocycles. The highest BCUT2D eigenvalue weighted by molar-refractivity contribution is 4.89.